The van der Waals surface area contributed by atoms with Gasteiger partial charge in [0.15, 0.2) is 0 Å². The van der Waals surface area contributed by atoms with Gasteiger partial charge in [0.05, 0.1) is 0 Å². The fourth-order valence-electron chi connectivity index (χ4n) is 3.28. The van der Waals surface area contributed by atoms with E-state index in [9.17, 15) is 0 Å². The van der Waals surface area contributed by atoms with Crippen molar-refractivity contribution in [3.63, 3.8) is 0 Å². The Labute approximate surface area is 168 Å². The summed E-state index contributed by atoms with van der Waals surface area (Å²) in [7, 11) is 0. The smallest absolute Gasteiger partial charge is 0.0118 e. The number of hydrogen-bond acceptors (Lipinski definition) is 1. The molecule has 0 radical (unpaired) electrons. The number of benzene rings is 1. The summed E-state index contributed by atoms with van der Waals surface area (Å²) in [4.78, 5) is 2.99. The number of allylic oxidation sites excluding steroid dienone is 2. The molecule has 0 bridgehead atoms. The number of thioether (sulfide) groups is 1. The number of hydrogen-bond donors (Lipinski definition) is 0. The highest BCUT2D eigenvalue weighted by Gasteiger charge is 2.02. The van der Waals surface area contributed by atoms with Gasteiger partial charge in [-0.2, -0.15) is 0 Å². The van der Waals surface area contributed by atoms with Crippen molar-refractivity contribution in [2.45, 2.75) is 115 Å². The van der Waals surface area contributed by atoms with Gasteiger partial charge in [0.2, 0.25) is 0 Å². The molecule has 0 aromatic heterocycles. The Balaban J connectivity index is 2.29. The Kier molecular flexibility index (Phi) is 15.9. The molecule has 148 valence electrons. The van der Waals surface area contributed by atoms with E-state index in [1.54, 1.807) is 4.91 Å². The summed E-state index contributed by atoms with van der Waals surface area (Å²) < 4.78 is 0. The first-order valence-corrected chi connectivity index (χ1v) is 12.1. The second kappa shape index (κ2) is 17.7. The zero-order chi connectivity index (χ0) is 18.7. The number of unbranched alkanes of at least 4 members (excludes halogenated alkanes) is 12. The summed E-state index contributed by atoms with van der Waals surface area (Å²) in [6, 6.07) is 10.9. The van der Waals surface area contributed by atoms with Gasteiger partial charge >= 0.3 is 0 Å². The van der Waals surface area contributed by atoms with E-state index in [4.69, 9.17) is 0 Å². The van der Waals surface area contributed by atoms with E-state index in [2.05, 4.69) is 50.3 Å². The second-order valence-electron chi connectivity index (χ2n) is 7.51. The largest absolute Gasteiger partial charge is 0.0949 e. The molecule has 0 aliphatic carbocycles. The van der Waals surface area contributed by atoms with Crippen LogP contribution in [0.3, 0.4) is 0 Å². The zero-order valence-corrected chi connectivity index (χ0v) is 18.3. The van der Waals surface area contributed by atoms with Crippen molar-refractivity contribution in [1.29, 1.82) is 0 Å². The third-order valence-electron chi connectivity index (χ3n) is 4.95. The second-order valence-corrected chi connectivity index (χ2v) is 8.71. The Bertz CT molecular complexity index is 435. The SMILES string of the molecule is CCCCCCCCC/C=C(/CCCCCCCC)Sc1ccccc1. The molecule has 1 heteroatoms. The van der Waals surface area contributed by atoms with E-state index in [-0.39, 0.29) is 0 Å². The van der Waals surface area contributed by atoms with Gasteiger partial charge in [-0.1, -0.05) is 121 Å². The molecule has 0 aliphatic rings. The molecule has 0 nitrogen and oxygen atoms in total. The first-order valence-electron chi connectivity index (χ1n) is 11.3. The summed E-state index contributed by atoms with van der Waals surface area (Å²) in [6.07, 6.45) is 23.2. The molecule has 0 heterocycles. The first-order chi connectivity index (χ1) is 12.9. The fraction of sp³-hybridized carbons (Fsp3) is 0.680. The van der Waals surface area contributed by atoms with Crippen LogP contribution in [0.5, 0.6) is 0 Å². The lowest BCUT2D eigenvalue weighted by atomic mass is 10.1. The molecule has 26 heavy (non-hydrogen) atoms. The molecule has 0 atom stereocenters. The minimum Gasteiger partial charge on any atom is -0.0949 e. The average molecular weight is 375 g/mol. The first kappa shape index (κ1) is 23.3. The molecule has 0 saturated heterocycles. The molecule has 1 aromatic rings. The summed E-state index contributed by atoms with van der Waals surface area (Å²) in [5.74, 6) is 0. The average Bonchev–Trinajstić information content (AvgIpc) is 2.67. The molecule has 1 aromatic carbocycles. The molecule has 0 aliphatic heterocycles. The number of rotatable bonds is 17. The van der Waals surface area contributed by atoms with E-state index in [1.165, 1.54) is 101 Å². The minimum absolute atomic E-state index is 1.26. The van der Waals surface area contributed by atoms with E-state index in [1.807, 2.05) is 11.8 Å². The maximum absolute atomic E-state index is 2.54. The molecule has 1 rings (SSSR count). The van der Waals surface area contributed by atoms with Gasteiger partial charge in [-0.3, -0.25) is 0 Å². The van der Waals surface area contributed by atoms with Crippen LogP contribution in [0.1, 0.15) is 110 Å². The summed E-state index contributed by atoms with van der Waals surface area (Å²) in [5.41, 5.74) is 0. The van der Waals surface area contributed by atoms with Crippen molar-refractivity contribution in [2.75, 3.05) is 0 Å². The lowest BCUT2D eigenvalue weighted by Gasteiger charge is -2.08. The van der Waals surface area contributed by atoms with Crippen LogP contribution in [-0.4, -0.2) is 0 Å². The van der Waals surface area contributed by atoms with E-state index < -0.39 is 0 Å². The molecule has 0 unspecified atom stereocenters. The van der Waals surface area contributed by atoms with E-state index in [0.29, 0.717) is 0 Å². The Morgan fingerprint density at radius 3 is 1.85 bits per heavy atom. The molecule has 0 fully saturated rings. The Hall–Kier alpha value is -0.690. The van der Waals surface area contributed by atoms with Crippen LogP contribution in [0.25, 0.3) is 0 Å². The van der Waals surface area contributed by atoms with Crippen molar-refractivity contribution in [3.05, 3.63) is 41.3 Å². The summed E-state index contributed by atoms with van der Waals surface area (Å²) >= 11 is 1.99. The highest BCUT2D eigenvalue weighted by molar-refractivity contribution is 8.03. The normalized spacial score (nSPS) is 11.8. The molecular formula is C25H42S. The van der Waals surface area contributed by atoms with Gasteiger partial charge < -0.3 is 0 Å². The van der Waals surface area contributed by atoms with Crippen molar-refractivity contribution < 1.29 is 0 Å². The van der Waals surface area contributed by atoms with Crippen LogP contribution in [0.4, 0.5) is 0 Å². The fourth-order valence-corrected chi connectivity index (χ4v) is 4.32. The molecule has 0 amide bonds. The summed E-state index contributed by atoms with van der Waals surface area (Å²) in [6.45, 7) is 4.59. The molecule has 0 spiro atoms. The van der Waals surface area contributed by atoms with Crippen LogP contribution in [0.2, 0.25) is 0 Å². The maximum Gasteiger partial charge on any atom is 0.0118 e. The lowest BCUT2D eigenvalue weighted by Crippen LogP contribution is -1.84. The van der Waals surface area contributed by atoms with Crippen LogP contribution >= 0.6 is 11.8 Å². The van der Waals surface area contributed by atoms with Gasteiger partial charge in [-0.05, 0) is 42.7 Å². The highest BCUT2D eigenvalue weighted by atomic mass is 32.2. The zero-order valence-electron chi connectivity index (χ0n) is 17.5. The van der Waals surface area contributed by atoms with Gasteiger partial charge in [-0.25, -0.2) is 0 Å². The predicted molar refractivity (Wildman–Crippen MR) is 121 cm³/mol. The van der Waals surface area contributed by atoms with Gasteiger partial charge in [0, 0.05) is 4.90 Å². The van der Waals surface area contributed by atoms with E-state index in [0.717, 1.165) is 0 Å². The van der Waals surface area contributed by atoms with Crippen molar-refractivity contribution >= 4 is 11.8 Å². The highest BCUT2D eigenvalue weighted by Crippen LogP contribution is 2.31. The molecule has 0 saturated carbocycles. The molecular weight excluding hydrogens is 332 g/mol. The van der Waals surface area contributed by atoms with Crippen molar-refractivity contribution in [3.8, 4) is 0 Å². The topological polar surface area (TPSA) is 0 Å². The maximum atomic E-state index is 2.54. The van der Waals surface area contributed by atoms with Crippen LogP contribution in [0.15, 0.2) is 46.2 Å². The third-order valence-corrected chi connectivity index (χ3v) is 6.09. The quantitative estimate of drug-likeness (QED) is 0.193. The van der Waals surface area contributed by atoms with Crippen molar-refractivity contribution in [2.24, 2.45) is 0 Å². The van der Waals surface area contributed by atoms with Crippen LogP contribution in [0, 0.1) is 0 Å². The summed E-state index contributed by atoms with van der Waals surface area (Å²) in [5, 5.41) is 0. The Morgan fingerprint density at radius 2 is 1.23 bits per heavy atom. The van der Waals surface area contributed by atoms with Gasteiger partial charge in [0.1, 0.15) is 0 Å². The molecule has 0 N–H and O–H groups in total. The predicted octanol–water partition coefficient (Wildman–Crippen LogP) is 9.55. The third kappa shape index (κ3) is 13.5. The van der Waals surface area contributed by atoms with Crippen LogP contribution < -0.4 is 0 Å². The lowest BCUT2D eigenvalue weighted by molar-refractivity contribution is 0.591. The van der Waals surface area contributed by atoms with Gasteiger partial charge in [-0.15, -0.1) is 0 Å². The van der Waals surface area contributed by atoms with E-state index >= 15 is 0 Å². The minimum atomic E-state index is 1.26. The monoisotopic (exact) mass is 374 g/mol. The Morgan fingerprint density at radius 1 is 0.692 bits per heavy atom. The van der Waals surface area contributed by atoms with Crippen LogP contribution in [-0.2, 0) is 0 Å². The standard InChI is InChI=1S/C25H42S/c1-3-5-7-9-11-12-14-17-21-24(20-16-13-10-8-6-4-2)26-25-22-18-15-19-23-25/h15,18-19,21-23H,3-14,16-17,20H2,1-2H3/b24-21-. The van der Waals surface area contributed by atoms with Crippen molar-refractivity contribution in [1.82, 2.24) is 0 Å². The van der Waals surface area contributed by atoms with Gasteiger partial charge in [0.25, 0.3) is 0 Å².